The predicted molar refractivity (Wildman–Crippen MR) is 64.9 cm³/mol. The minimum atomic E-state index is -2.82. The number of fused-ring (bicyclic) bond motifs is 1. The van der Waals surface area contributed by atoms with Gasteiger partial charge >= 0.3 is 0 Å². The van der Waals surface area contributed by atoms with Gasteiger partial charge in [-0.25, -0.2) is 8.42 Å². The van der Waals surface area contributed by atoms with E-state index in [9.17, 15) is 8.42 Å². The molecule has 92 valence electrons. The first-order valence-electron chi connectivity index (χ1n) is 5.82. The molecule has 17 heavy (non-hydrogen) atoms. The molecule has 3 rings (SSSR count). The Morgan fingerprint density at radius 1 is 1.29 bits per heavy atom. The fourth-order valence-corrected chi connectivity index (χ4v) is 4.20. The van der Waals surface area contributed by atoms with Crippen LogP contribution in [-0.4, -0.2) is 32.6 Å². The van der Waals surface area contributed by atoms with Crippen LogP contribution in [0.25, 0.3) is 0 Å². The first-order valence-corrected chi connectivity index (χ1v) is 7.64. The first kappa shape index (κ1) is 11.0. The molecule has 2 aliphatic heterocycles. The lowest BCUT2D eigenvalue weighted by atomic mass is 10.1. The van der Waals surface area contributed by atoms with E-state index in [0.717, 1.165) is 11.3 Å². The second-order valence-electron chi connectivity index (χ2n) is 4.67. The number of hydrogen-bond donors (Lipinski definition) is 1. The largest absolute Gasteiger partial charge is 0.491 e. The number of hydrogen-bond acceptors (Lipinski definition) is 4. The van der Waals surface area contributed by atoms with Crippen molar-refractivity contribution >= 4 is 9.84 Å². The molecule has 2 aliphatic rings. The standard InChI is InChI=1S/C12H15NO3S/c14-17(15)6-5-9(8-17)13-11-7-16-12-4-2-1-3-10(11)12/h1-4,9,11,13H,5-8H2. The smallest absolute Gasteiger partial charge is 0.151 e. The highest BCUT2D eigenvalue weighted by Gasteiger charge is 2.32. The monoisotopic (exact) mass is 253 g/mol. The Hall–Kier alpha value is -1.07. The van der Waals surface area contributed by atoms with Crippen molar-refractivity contribution in [3.05, 3.63) is 29.8 Å². The average Bonchev–Trinajstić information content (AvgIpc) is 2.84. The highest BCUT2D eigenvalue weighted by Crippen LogP contribution is 2.32. The summed E-state index contributed by atoms with van der Waals surface area (Å²) in [5.74, 6) is 1.47. The van der Waals surface area contributed by atoms with Crippen LogP contribution in [0.2, 0.25) is 0 Å². The maximum atomic E-state index is 11.4. The van der Waals surface area contributed by atoms with E-state index in [-0.39, 0.29) is 17.8 Å². The Bertz CT molecular complexity index is 526. The molecule has 1 fully saturated rings. The first-order chi connectivity index (χ1) is 8.14. The van der Waals surface area contributed by atoms with Crippen molar-refractivity contribution in [1.82, 2.24) is 5.32 Å². The maximum Gasteiger partial charge on any atom is 0.151 e. The van der Waals surface area contributed by atoms with Gasteiger partial charge in [0.1, 0.15) is 12.4 Å². The van der Waals surface area contributed by atoms with Gasteiger partial charge in [0.15, 0.2) is 9.84 Å². The van der Waals surface area contributed by atoms with Gasteiger partial charge < -0.3 is 10.1 Å². The molecule has 2 atom stereocenters. The Labute approximate surface area is 101 Å². The molecular weight excluding hydrogens is 238 g/mol. The van der Waals surface area contributed by atoms with Crippen molar-refractivity contribution < 1.29 is 13.2 Å². The summed E-state index contributed by atoms with van der Waals surface area (Å²) in [6.45, 7) is 0.593. The topological polar surface area (TPSA) is 55.4 Å². The van der Waals surface area contributed by atoms with Crippen LogP contribution in [0.1, 0.15) is 18.0 Å². The summed E-state index contributed by atoms with van der Waals surface area (Å²) in [6, 6.07) is 8.10. The minimum absolute atomic E-state index is 0.0692. The summed E-state index contributed by atoms with van der Waals surface area (Å²) in [7, 11) is -2.82. The van der Waals surface area contributed by atoms with Gasteiger partial charge in [0.2, 0.25) is 0 Å². The number of rotatable bonds is 2. The Morgan fingerprint density at radius 3 is 2.88 bits per heavy atom. The van der Waals surface area contributed by atoms with E-state index in [2.05, 4.69) is 5.32 Å². The zero-order valence-corrected chi connectivity index (χ0v) is 10.2. The van der Waals surface area contributed by atoms with Gasteiger partial charge in [-0.3, -0.25) is 0 Å². The number of para-hydroxylation sites is 1. The van der Waals surface area contributed by atoms with Crippen LogP contribution in [-0.2, 0) is 9.84 Å². The fraction of sp³-hybridized carbons (Fsp3) is 0.500. The molecule has 0 aromatic heterocycles. The van der Waals surface area contributed by atoms with Crippen molar-refractivity contribution in [3.8, 4) is 5.75 Å². The van der Waals surface area contributed by atoms with Gasteiger partial charge in [0.05, 0.1) is 17.5 Å². The maximum absolute atomic E-state index is 11.4. The number of sulfone groups is 1. The summed E-state index contributed by atoms with van der Waals surface area (Å²) < 4.78 is 28.3. The van der Waals surface area contributed by atoms with Gasteiger partial charge in [0, 0.05) is 11.6 Å². The summed E-state index contributed by atoms with van der Waals surface area (Å²) in [5.41, 5.74) is 1.14. The third-order valence-corrected chi connectivity index (χ3v) is 5.14. The highest BCUT2D eigenvalue weighted by atomic mass is 32.2. The highest BCUT2D eigenvalue weighted by molar-refractivity contribution is 7.91. The SMILES string of the molecule is O=S1(=O)CCC(NC2COc3ccccc32)C1. The quantitative estimate of drug-likeness (QED) is 0.850. The van der Waals surface area contributed by atoms with Crippen LogP contribution in [0, 0.1) is 0 Å². The Balaban J connectivity index is 1.72. The summed E-state index contributed by atoms with van der Waals surface area (Å²) >= 11 is 0. The molecule has 2 unspecified atom stereocenters. The van der Waals surface area contributed by atoms with Crippen molar-refractivity contribution in [2.24, 2.45) is 0 Å². The van der Waals surface area contributed by atoms with Gasteiger partial charge in [-0.15, -0.1) is 0 Å². The molecule has 0 bridgehead atoms. The van der Waals surface area contributed by atoms with E-state index < -0.39 is 9.84 Å². The summed E-state index contributed by atoms with van der Waals surface area (Å²) in [5, 5.41) is 3.39. The van der Waals surface area contributed by atoms with Gasteiger partial charge in [-0.05, 0) is 12.5 Å². The van der Waals surface area contributed by atoms with Gasteiger partial charge in [0.25, 0.3) is 0 Å². The molecule has 0 aliphatic carbocycles. The van der Waals surface area contributed by atoms with Crippen LogP contribution in [0.4, 0.5) is 0 Å². The fourth-order valence-electron chi connectivity index (χ4n) is 2.51. The van der Waals surface area contributed by atoms with Crippen molar-refractivity contribution in [2.75, 3.05) is 18.1 Å². The van der Waals surface area contributed by atoms with E-state index >= 15 is 0 Å². The number of nitrogens with one attached hydrogen (secondary N) is 1. The second-order valence-corrected chi connectivity index (χ2v) is 6.90. The summed E-state index contributed by atoms with van der Waals surface area (Å²) in [6.07, 6.45) is 0.709. The molecule has 2 heterocycles. The van der Waals surface area contributed by atoms with Crippen LogP contribution in [0.15, 0.2) is 24.3 Å². The lowest BCUT2D eigenvalue weighted by molar-refractivity contribution is 0.301. The zero-order chi connectivity index (χ0) is 11.9. The van der Waals surface area contributed by atoms with Gasteiger partial charge in [-0.1, -0.05) is 18.2 Å². The predicted octanol–water partition coefficient (Wildman–Crippen LogP) is 0.897. The summed E-state index contributed by atoms with van der Waals surface area (Å²) in [4.78, 5) is 0. The molecule has 1 N–H and O–H groups in total. The minimum Gasteiger partial charge on any atom is -0.491 e. The molecule has 1 aromatic rings. The Morgan fingerprint density at radius 2 is 2.12 bits per heavy atom. The van der Waals surface area contributed by atoms with Gasteiger partial charge in [-0.2, -0.15) is 0 Å². The third-order valence-electron chi connectivity index (χ3n) is 3.37. The molecule has 0 saturated carbocycles. The van der Waals surface area contributed by atoms with E-state index in [4.69, 9.17) is 4.74 Å². The van der Waals surface area contributed by atoms with Crippen molar-refractivity contribution in [1.29, 1.82) is 0 Å². The molecule has 0 amide bonds. The average molecular weight is 253 g/mol. The van der Waals surface area contributed by atoms with Crippen LogP contribution in [0.3, 0.4) is 0 Å². The normalized spacial score (nSPS) is 29.9. The molecular formula is C12H15NO3S. The molecule has 0 radical (unpaired) electrons. The zero-order valence-electron chi connectivity index (χ0n) is 9.43. The third kappa shape index (κ3) is 2.17. The molecule has 1 saturated heterocycles. The number of ether oxygens (including phenoxy) is 1. The van der Waals surface area contributed by atoms with Crippen molar-refractivity contribution in [2.45, 2.75) is 18.5 Å². The lowest BCUT2D eigenvalue weighted by Gasteiger charge is -2.16. The van der Waals surface area contributed by atoms with Crippen LogP contribution in [0.5, 0.6) is 5.75 Å². The van der Waals surface area contributed by atoms with Crippen LogP contribution < -0.4 is 10.1 Å². The van der Waals surface area contributed by atoms with E-state index in [1.165, 1.54) is 0 Å². The van der Waals surface area contributed by atoms with Crippen LogP contribution >= 0.6 is 0 Å². The van der Waals surface area contributed by atoms with Crippen molar-refractivity contribution in [3.63, 3.8) is 0 Å². The van der Waals surface area contributed by atoms with E-state index in [1.807, 2.05) is 24.3 Å². The number of benzene rings is 1. The van der Waals surface area contributed by atoms with E-state index in [1.54, 1.807) is 0 Å². The van der Waals surface area contributed by atoms with E-state index in [0.29, 0.717) is 18.8 Å². The molecule has 4 nitrogen and oxygen atoms in total. The second kappa shape index (κ2) is 3.99. The molecule has 1 aromatic carbocycles. The Kier molecular flexibility index (Phi) is 2.60. The molecule has 5 heteroatoms. The lowest BCUT2D eigenvalue weighted by Crippen LogP contribution is -2.34. The molecule has 0 spiro atoms.